The van der Waals surface area contributed by atoms with Crippen LogP contribution in [0.3, 0.4) is 0 Å². The molecule has 2 fully saturated rings. The number of hydrogen-bond donors (Lipinski definition) is 3. The van der Waals surface area contributed by atoms with Gasteiger partial charge in [0.25, 0.3) is 5.91 Å². The van der Waals surface area contributed by atoms with Crippen LogP contribution in [0.25, 0.3) is 11.1 Å². The lowest BCUT2D eigenvalue weighted by atomic mass is 10.1. The van der Waals surface area contributed by atoms with Crippen molar-refractivity contribution >= 4 is 29.0 Å². The number of nitrogens with one attached hydrogen (secondary N) is 2. The number of methoxy groups -OCH3 is 1. The minimum atomic E-state index is -1.12. The molecule has 0 radical (unpaired) electrons. The molecule has 0 spiro atoms. The molecule has 182 valence electrons. The van der Waals surface area contributed by atoms with Crippen LogP contribution >= 0.6 is 0 Å². The molecule has 10 nitrogen and oxygen atoms in total. The molecule has 3 aromatic rings. The number of carbonyl (C=O) groups excluding carboxylic acids is 2. The summed E-state index contributed by atoms with van der Waals surface area (Å²) < 4.78 is 26.6. The number of rotatable bonds is 8. The second-order valence-electron chi connectivity index (χ2n) is 8.58. The third-order valence-electron chi connectivity index (χ3n) is 6.09. The van der Waals surface area contributed by atoms with Crippen LogP contribution < -0.4 is 21.1 Å². The van der Waals surface area contributed by atoms with Crippen LogP contribution in [-0.4, -0.2) is 53.1 Å². The number of amides is 2. The number of hydrogen-bond acceptors (Lipinski definition) is 7. The zero-order chi connectivity index (χ0) is 24.5. The summed E-state index contributed by atoms with van der Waals surface area (Å²) in [5, 5.41) is 10.3. The van der Waals surface area contributed by atoms with E-state index in [1.165, 1.54) is 13.3 Å². The number of carbonyl (C=O) groups is 2. The zero-order valence-corrected chi connectivity index (χ0v) is 19.0. The van der Waals surface area contributed by atoms with Gasteiger partial charge in [-0.25, -0.2) is 9.37 Å². The van der Waals surface area contributed by atoms with Crippen LogP contribution in [0.2, 0.25) is 0 Å². The summed E-state index contributed by atoms with van der Waals surface area (Å²) in [6.07, 6.45) is 5.31. The lowest BCUT2D eigenvalue weighted by Crippen LogP contribution is -2.18. The highest BCUT2D eigenvalue weighted by Crippen LogP contribution is 2.39. The van der Waals surface area contributed by atoms with Gasteiger partial charge in [0, 0.05) is 35.5 Å². The molecule has 5 rings (SSSR count). The third kappa shape index (κ3) is 4.67. The highest BCUT2D eigenvalue weighted by atomic mass is 19.1. The van der Waals surface area contributed by atoms with E-state index >= 15 is 0 Å². The molecule has 2 aliphatic rings. The summed E-state index contributed by atoms with van der Waals surface area (Å²) in [7, 11) is 1.53. The maximum absolute atomic E-state index is 14.1. The Morgan fingerprint density at radius 2 is 2.06 bits per heavy atom. The van der Waals surface area contributed by atoms with Crippen LogP contribution in [0.5, 0.6) is 5.75 Å². The highest BCUT2D eigenvalue weighted by Gasteiger charge is 2.31. The van der Waals surface area contributed by atoms with Gasteiger partial charge < -0.3 is 25.8 Å². The fourth-order valence-corrected chi connectivity index (χ4v) is 4.04. The summed E-state index contributed by atoms with van der Waals surface area (Å²) in [6.45, 7) is 0.318. The fourth-order valence-electron chi connectivity index (χ4n) is 4.04. The predicted molar refractivity (Wildman–Crippen MR) is 126 cm³/mol. The van der Waals surface area contributed by atoms with Crippen molar-refractivity contribution < 1.29 is 23.5 Å². The van der Waals surface area contributed by atoms with Gasteiger partial charge in [-0.1, -0.05) is 12.1 Å². The van der Waals surface area contributed by atoms with Gasteiger partial charge in [-0.3, -0.25) is 14.3 Å². The molecule has 1 aromatic carbocycles. The monoisotopic (exact) mass is 480 g/mol. The second kappa shape index (κ2) is 9.34. The lowest BCUT2D eigenvalue weighted by molar-refractivity contribution is -0.117. The molecule has 1 saturated carbocycles. The molecule has 4 N–H and O–H groups in total. The molecule has 11 heteroatoms. The predicted octanol–water partition coefficient (Wildman–Crippen LogP) is 3.05. The van der Waals surface area contributed by atoms with Gasteiger partial charge in [-0.15, -0.1) is 0 Å². The molecule has 2 amide bonds. The molecule has 1 aliphatic heterocycles. The Bertz CT molecular complexity index is 1270. The molecule has 2 atom stereocenters. The SMILES string of the molecule is COc1c(Nc2cc(NC(=O)C3CC3)ncc2C(N)=O)cccc1-c1cnn(C2COCC2F)c1. The second-order valence-corrected chi connectivity index (χ2v) is 8.58. The summed E-state index contributed by atoms with van der Waals surface area (Å²) in [6, 6.07) is 6.53. The maximum atomic E-state index is 14.1. The topological polar surface area (TPSA) is 133 Å². The van der Waals surface area contributed by atoms with Crippen LogP contribution in [0.4, 0.5) is 21.6 Å². The summed E-state index contributed by atoms with van der Waals surface area (Å²) in [4.78, 5) is 28.3. The molecular weight excluding hydrogens is 455 g/mol. The van der Waals surface area contributed by atoms with Gasteiger partial charge in [0.1, 0.15) is 23.8 Å². The largest absolute Gasteiger partial charge is 0.494 e. The van der Waals surface area contributed by atoms with Crippen LogP contribution in [0.15, 0.2) is 42.9 Å². The third-order valence-corrected chi connectivity index (χ3v) is 6.09. The fraction of sp³-hybridized carbons (Fsp3) is 0.333. The first-order valence-electron chi connectivity index (χ1n) is 11.3. The Kier molecular flexibility index (Phi) is 6.08. The Hall–Kier alpha value is -3.99. The smallest absolute Gasteiger partial charge is 0.252 e. The molecule has 1 aliphatic carbocycles. The average Bonchev–Trinajstić information content (AvgIpc) is 3.44. The highest BCUT2D eigenvalue weighted by molar-refractivity contribution is 6.01. The van der Waals surface area contributed by atoms with Gasteiger partial charge >= 0.3 is 0 Å². The normalized spacial score (nSPS) is 19.4. The first-order valence-corrected chi connectivity index (χ1v) is 11.3. The van der Waals surface area contributed by atoms with E-state index in [4.69, 9.17) is 15.2 Å². The Morgan fingerprint density at radius 3 is 2.74 bits per heavy atom. The molecule has 3 heterocycles. The number of anilines is 3. The number of ether oxygens (including phenoxy) is 2. The number of nitrogens with two attached hydrogens (primary N) is 1. The van der Waals surface area contributed by atoms with E-state index in [1.54, 1.807) is 29.2 Å². The minimum Gasteiger partial charge on any atom is -0.494 e. The van der Waals surface area contributed by atoms with Gasteiger partial charge in [0.2, 0.25) is 5.91 Å². The van der Waals surface area contributed by atoms with Gasteiger partial charge in [-0.2, -0.15) is 5.10 Å². The van der Waals surface area contributed by atoms with E-state index in [0.29, 0.717) is 22.9 Å². The number of alkyl halides is 1. The van der Waals surface area contributed by atoms with E-state index in [-0.39, 0.29) is 30.6 Å². The Labute approximate surface area is 200 Å². The van der Waals surface area contributed by atoms with Gasteiger partial charge in [0.05, 0.1) is 43.5 Å². The van der Waals surface area contributed by atoms with E-state index in [0.717, 1.165) is 24.0 Å². The van der Waals surface area contributed by atoms with E-state index in [1.807, 2.05) is 12.1 Å². The average molecular weight is 481 g/mol. The Morgan fingerprint density at radius 1 is 1.23 bits per heavy atom. The van der Waals surface area contributed by atoms with Crippen molar-refractivity contribution in [2.75, 3.05) is 31.0 Å². The zero-order valence-electron chi connectivity index (χ0n) is 19.0. The van der Waals surface area contributed by atoms with Crippen LogP contribution in [0.1, 0.15) is 29.2 Å². The first kappa shape index (κ1) is 22.8. The molecule has 1 saturated heterocycles. The quantitative estimate of drug-likeness (QED) is 0.451. The number of nitrogens with zero attached hydrogens (tertiary/aromatic N) is 3. The number of pyridine rings is 1. The maximum Gasteiger partial charge on any atom is 0.252 e. The minimum absolute atomic E-state index is 0.00480. The summed E-state index contributed by atoms with van der Waals surface area (Å²) in [5.74, 6) is 0.0314. The van der Waals surface area contributed by atoms with Crippen molar-refractivity contribution in [1.29, 1.82) is 0 Å². The summed E-state index contributed by atoms with van der Waals surface area (Å²) in [5.41, 5.74) is 8.08. The number of primary amides is 1. The van der Waals surface area contributed by atoms with Crippen molar-refractivity contribution in [3.05, 3.63) is 48.4 Å². The molecular formula is C24H25FN6O4. The first-order chi connectivity index (χ1) is 16.9. The molecule has 0 bridgehead atoms. The van der Waals surface area contributed by atoms with Crippen molar-refractivity contribution in [3.8, 4) is 16.9 Å². The van der Waals surface area contributed by atoms with E-state index in [9.17, 15) is 14.0 Å². The number of aromatic nitrogens is 3. The Balaban J connectivity index is 1.46. The van der Waals surface area contributed by atoms with E-state index < -0.39 is 18.1 Å². The lowest BCUT2D eigenvalue weighted by Gasteiger charge is -2.17. The van der Waals surface area contributed by atoms with Gasteiger partial charge in [-0.05, 0) is 18.9 Å². The van der Waals surface area contributed by atoms with E-state index in [2.05, 4.69) is 20.7 Å². The number of benzene rings is 1. The van der Waals surface area contributed by atoms with Gasteiger partial charge in [0.15, 0.2) is 0 Å². The summed E-state index contributed by atoms with van der Waals surface area (Å²) >= 11 is 0. The van der Waals surface area contributed by atoms with Crippen molar-refractivity contribution in [3.63, 3.8) is 0 Å². The molecule has 2 aromatic heterocycles. The van der Waals surface area contributed by atoms with Crippen molar-refractivity contribution in [1.82, 2.24) is 14.8 Å². The van der Waals surface area contributed by atoms with Crippen molar-refractivity contribution in [2.24, 2.45) is 11.7 Å². The standard InChI is InChI=1S/C24H25FN6O4/c1-34-22-15(14-8-28-31(10-14)20-12-35-11-17(20)25)3-2-4-18(22)29-19-7-21(27-9-16(19)23(26)32)30-24(33)13-5-6-13/h2-4,7-10,13,17,20H,5-6,11-12H2,1H3,(H2,26,32)(H2,27,29,30,33). The van der Waals surface area contributed by atoms with Crippen molar-refractivity contribution in [2.45, 2.75) is 25.1 Å². The van der Waals surface area contributed by atoms with Crippen LogP contribution in [0, 0.1) is 5.92 Å². The van der Waals surface area contributed by atoms with Crippen LogP contribution in [-0.2, 0) is 9.53 Å². The molecule has 2 unspecified atom stereocenters. The number of para-hydroxylation sites is 1. The number of halogens is 1. The molecule has 35 heavy (non-hydrogen) atoms.